The number of hydrogen-bond donors (Lipinski definition) is 0. The van der Waals surface area contributed by atoms with E-state index < -0.39 is 0 Å². The van der Waals surface area contributed by atoms with Gasteiger partial charge >= 0.3 is 0 Å². The van der Waals surface area contributed by atoms with Gasteiger partial charge < -0.3 is 4.57 Å². The first-order valence-corrected chi connectivity index (χ1v) is 5.47. The smallest absolute Gasteiger partial charge is 0.269 e. The Balaban J connectivity index is 2.46. The van der Waals surface area contributed by atoms with E-state index in [2.05, 4.69) is 0 Å². The lowest BCUT2D eigenvalue weighted by atomic mass is 10.1. The SMILES string of the molecule is Cc1ccn(Cc2ccccc2F)c(=O)c1C#N. The number of aryl methyl sites for hydroxylation is 1. The maximum Gasteiger partial charge on any atom is 0.269 e. The topological polar surface area (TPSA) is 45.8 Å². The molecule has 0 aliphatic rings. The van der Waals surface area contributed by atoms with Gasteiger partial charge in [-0.1, -0.05) is 18.2 Å². The molecular weight excluding hydrogens is 231 g/mol. The van der Waals surface area contributed by atoms with Gasteiger partial charge in [-0.2, -0.15) is 5.26 Å². The molecule has 0 atom stereocenters. The molecule has 0 bridgehead atoms. The zero-order valence-electron chi connectivity index (χ0n) is 9.85. The minimum absolute atomic E-state index is 0.105. The summed E-state index contributed by atoms with van der Waals surface area (Å²) in [6, 6.07) is 9.83. The molecule has 0 radical (unpaired) electrons. The molecule has 0 fully saturated rings. The summed E-state index contributed by atoms with van der Waals surface area (Å²) in [5, 5.41) is 8.91. The van der Waals surface area contributed by atoms with E-state index in [1.807, 2.05) is 6.07 Å². The molecule has 0 unspecified atom stereocenters. The predicted molar refractivity (Wildman–Crippen MR) is 65.7 cm³/mol. The van der Waals surface area contributed by atoms with E-state index in [-0.39, 0.29) is 23.5 Å². The van der Waals surface area contributed by atoms with Crippen molar-refractivity contribution in [3.8, 4) is 6.07 Å². The number of rotatable bonds is 2. The fourth-order valence-corrected chi connectivity index (χ4v) is 1.74. The van der Waals surface area contributed by atoms with Crippen LogP contribution in [0.25, 0.3) is 0 Å². The van der Waals surface area contributed by atoms with E-state index in [4.69, 9.17) is 5.26 Å². The number of hydrogen-bond acceptors (Lipinski definition) is 2. The van der Waals surface area contributed by atoms with Crippen LogP contribution in [0.4, 0.5) is 4.39 Å². The first-order chi connectivity index (χ1) is 8.63. The normalized spacial score (nSPS) is 10.1. The molecule has 0 N–H and O–H groups in total. The maximum absolute atomic E-state index is 13.5. The van der Waals surface area contributed by atoms with Crippen LogP contribution in [0.5, 0.6) is 0 Å². The first kappa shape index (κ1) is 12.1. The fraction of sp³-hybridized carbons (Fsp3) is 0.143. The van der Waals surface area contributed by atoms with E-state index >= 15 is 0 Å². The van der Waals surface area contributed by atoms with Crippen LogP contribution in [-0.2, 0) is 6.54 Å². The quantitative estimate of drug-likeness (QED) is 0.810. The van der Waals surface area contributed by atoms with Crippen molar-refractivity contribution >= 4 is 0 Å². The summed E-state index contributed by atoms with van der Waals surface area (Å²) in [5.74, 6) is -0.358. The molecule has 1 aromatic heterocycles. The lowest BCUT2D eigenvalue weighted by molar-refractivity contribution is 0.596. The third-order valence-electron chi connectivity index (χ3n) is 2.78. The monoisotopic (exact) mass is 242 g/mol. The first-order valence-electron chi connectivity index (χ1n) is 5.47. The van der Waals surface area contributed by atoms with E-state index in [1.54, 1.807) is 37.4 Å². The van der Waals surface area contributed by atoms with Gasteiger partial charge in [0, 0.05) is 11.8 Å². The predicted octanol–water partition coefficient (Wildman–Crippen LogP) is 2.22. The second-order valence-electron chi connectivity index (χ2n) is 4.01. The van der Waals surface area contributed by atoms with Gasteiger partial charge in [-0.15, -0.1) is 0 Å². The Bertz CT molecular complexity index is 683. The molecule has 4 heteroatoms. The van der Waals surface area contributed by atoms with Crippen molar-refractivity contribution < 1.29 is 4.39 Å². The van der Waals surface area contributed by atoms with E-state index in [0.717, 1.165) is 0 Å². The number of pyridine rings is 1. The van der Waals surface area contributed by atoms with Crippen molar-refractivity contribution in [1.29, 1.82) is 5.26 Å². The van der Waals surface area contributed by atoms with Gasteiger partial charge in [0.05, 0.1) is 6.54 Å². The molecule has 0 spiro atoms. The number of benzene rings is 1. The summed E-state index contributed by atoms with van der Waals surface area (Å²) in [6.45, 7) is 1.83. The van der Waals surface area contributed by atoms with E-state index in [1.165, 1.54) is 10.6 Å². The van der Waals surface area contributed by atoms with Crippen molar-refractivity contribution in [2.45, 2.75) is 13.5 Å². The average Bonchev–Trinajstić information content (AvgIpc) is 2.36. The highest BCUT2D eigenvalue weighted by Gasteiger charge is 2.08. The van der Waals surface area contributed by atoms with E-state index in [0.29, 0.717) is 11.1 Å². The van der Waals surface area contributed by atoms with Crippen molar-refractivity contribution in [1.82, 2.24) is 4.57 Å². The Hall–Kier alpha value is -2.41. The number of nitriles is 1. The van der Waals surface area contributed by atoms with E-state index in [9.17, 15) is 9.18 Å². The molecule has 0 amide bonds. The van der Waals surface area contributed by atoms with Gasteiger partial charge in [0.1, 0.15) is 17.4 Å². The molecule has 1 heterocycles. The molecule has 0 aliphatic carbocycles. The molecule has 18 heavy (non-hydrogen) atoms. The van der Waals surface area contributed by atoms with Crippen molar-refractivity contribution in [2.24, 2.45) is 0 Å². The minimum Gasteiger partial charge on any atom is -0.310 e. The molecule has 0 aliphatic heterocycles. The zero-order valence-corrected chi connectivity index (χ0v) is 9.85. The average molecular weight is 242 g/mol. The van der Waals surface area contributed by atoms with Gasteiger partial charge in [0.25, 0.3) is 5.56 Å². The number of aromatic nitrogens is 1. The summed E-state index contributed by atoms with van der Waals surface area (Å²) >= 11 is 0. The van der Waals surface area contributed by atoms with Crippen molar-refractivity contribution in [2.75, 3.05) is 0 Å². The van der Waals surface area contributed by atoms with Gasteiger partial charge in [-0.3, -0.25) is 4.79 Å². The van der Waals surface area contributed by atoms with Crippen LogP contribution in [0, 0.1) is 24.1 Å². The molecular formula is C14H11FN2O. The second kappa shape index (κ2) is 4.84. The van der Waals surface area contributed by atoms with Gasteiger partial charge in [-0.25, -0.2) is 4.39 Å². The highest BCUT2D eigenvalue weighted by atomic mass is 19.1. The van der Waals surface area contributed by atoms with Crippen LogP contribution in [-0.4, -0.2) is 4.57 Å². The highest BCUT2D eigenvalue weighted by Crippen LogP contribution is 2.08. The lowest BCUT2D eigenvalue weighted by Crippen LogP contribution is -2.23. The summed E-state index contributed by atoms with van der Waals surface area (Å²) in [7, 11) is 0. The Labute approximate surface area is 104 Å². The zero-order chi connectivity index (χ0) is 13.1. The van der Waals surface area contributed by atoms with Crippen molar-refractivity contribution in [3.05, 3.63) is 69.4 Å². The molecule has 2 aromatic rings. The largest absolute Gasteiger partial charge is 0.310 e. The molecule has 2 rings (SSSR count). The lowest BCUT2D eigenvalue weighted by Gasteiger charge is -2.08. The molecule has 0 saturated heterocycles. The molecule has 1 aromatic carbocycles. The van der Waals surface area contributed by atoms with Crippen LogP contribution >= 0.6 is 0 Å². The standard InChI is InChI=1S/C14H11FN2O/c1-10-6-7-17(14(18)12(10)8-16)9-11-4-2-3-5-13(11)15/h2-7H,9H2,1H3. The Morgan fingerprint density at radius 3 is 2.72 bits per heavy atom. The fourth-order valence-electron chi connectivity index (χ4n) is 1.74. The Morgan fingerprint density at radius 1 is 1.33 bits per heavy atom. The van der Waals surface area contributed by atoms with Gasteiger partial charge in [0.2, 0.25) is 0 Å². The van der Waals surface area contributed by atoms with Crippen LogP contribution in [0.15, 0.2) is 41.3 Å². The third kappa shape index (κ3) is 2.16. The molecule has 0 saturated carbocycles. The summed E-state index contributed by atoms with van der Waals surface area (Å²) in [4.78, 5) is 12.0. The molecule has 3 nitrogen and oxygen atoms in total. The second-order valence-corrected chi connectivity index (χ2v) is 4.01. The third-order valence-corrected chi connectivity index (χ3v) is 2.78. The number of nitrogens with zero attached hydrogens (tertiary/aromatic N) is 2. The summed E-state index contributed by atoms with van der Waals surface area (Å²) in [6.07, 6.45) is 1.57. The summed E-state index contributed by atoms with van der Waals surface area (Å²) in [5.41, 5.74) is 0.772. The van der Waals surface area contributed by atoms with Gasteiger partial charge in [-0.05, 0) is 24.6 Å². The van der Waals surface area contributed by atoms with Crippen LogP contribution in [0.2, 0.25) is 0 Å². The van der Waals surface area contributed by atoms with Crippen LogP contribution < -0.4 is 5.56 Å². The Morgan fingerprint density at radius 2 is 2.06 bits per heavy atom. The molecule has 90 valence electrons. The van der Waals surface area contributed by atoms with Crippen molar-refractivity contribution in [3.63, 3.8) is 0 Å². The van der Waals surface area contributed by atoms with Crippen LogP contribution in [0.1, 0.15) is 16.7 Å². The highest BCUT2D eigenvalue weighted by molar-refractivity contribution is 5.34. The Kier molecular flexibility index (Phi) is 3.24. The number of halogens is 1. The van der Waals surface area contributed by atoms with Crippen LogP contribution in [0.3, 0.4) is 0 Å². The maximum atomic E-state index is 13.5. The summed E-state index contributed by atoms with van der Waals surface area (Å²) < 4.78 is 14.8. The minimum atomic E-state index is -0.388. The van der Waals surface area contributed by atoms with Gasteiger partial charge in [0.15, 0.2) is 0 Å².